The molecule has 6 heteroatoms. The van der Waals surface area contributed by atoms with E-state index in [1.807, 2.05) is 18.2 Å². The standard InChI is InChI=1S/C18H19NO5/c1-23-16-9-4-3-6-12(16)11-15(18(22)24-2)19-17(21)13-7-5-8-14(20)10-13/h3-10,15,20H,11H2,1-2H3,(H,19,21)/t15-/m0/s1. The molecule has 0 aliphatic carbocycles. The van der Waals surface area contributed by atoms with Crippen LogP contribution in [-0.4, -0.2) is 37.2 Å². The van der Waals surface area contributed by atoms with Crippen LogP contribution in [0.25, 0.3) is 0 Å². The maximum atomic E-state index is 12.3. The number of carbonyl (C=O) groups is 2. The second-order valence-corrected chi connectivity index (χ2v) is 5.12. The molecule has 0 fully saturated rings. The summed E-state index contributed by atoms with van der Waals surface area (Å²) in [5, 5.41) is 12.1. The van der Waals surface area contributed by atoms with E-state index in [9.17, 15) is 14.7 Å². The Bertz CT molecular complexity index is 729. The van der Waals surface area contributed by atoms with Crippen LogP contribution < -0.4 is 10.1 Å². The second-order valence-electron chi connectivity index (χ2n) is 5.12. The van der Waals surface area contributed by atoms with Crippen molar-refractivity contribution >= 4 is 11.9 Å². The number of esters is 1. The molecule has 2 N–H and O–H groups in total. The number of hydrogen-bond donors (Lipinski definition) is 2. The molecule has 0 spiro atoms. The molecule has 24 heavy (non-hydrogen) atoms. The number of amides is 1. The highest BCUT2D eigenvalue weighted by Crippen LogP contribution is 2.19. The van der Waals surface area contributed by atoms with E-state index in [4.69, 9.17) is 9.47 Å². The highest BCUT2D eigenvalue weighted by atomic mass is 16.5. The minimum atomic E-state index is -0.874. The van der Waals surface area contributed by atoms with E-state index < -0.39 is 17.9 Å². The average molecular weight is 329 g/mol. The third-order valence-electron chi connectivity index (χ3n) is 3.52. The Kier molecular flexibility index (Phi) is 5.78. The molecule has 2 rings (SSSR count). The van der Waals surface area contributed by atoms with Crippen molar-refractivity contribution < 1.29 is 24.2 Å². The van der Waals surface area contributed by atoms with E-state index in [1.54, 1.807) is 18.2 Å². The minimum Gasteiger partial charge on any atom is -0.508 e. The van der Waals surface area contributed by atoms with Gasteiger partial charge < -0.3 is 19.9 Å². The molecule has 0 aromatic heterocycles. The van der Waals surface area contributed by atoms with E-state index in [-0.39, 0.29) is 17.7 Å². The first-order chi connectivity index (χ1) is 11.5. The molecule has 1 amide bonds. The van der Waals surface area contributed by atoms with Crippen LogP contribution in [0.15, 0.2) is 48.5 Å². The summed E-state index contributed by atoms with van der Waals surface area (Å²) in [6.07, 6.45) is 0.223. The number of aromatic hydroxyl groups is 1. The largest absolute Gasteiger partial charge is 0.508 e. The Morgan fingerprint density at radius 1 is 1.12 bits per heavy atom. The molecule has 0 bridgehead atoms. The first kappa shape index (κ1) is 17.3. The van der Waals surface area contributed by atoms with Crippen LogP contribution >= 0.6 is 0 Å². The summed E-state index contributed by atoms with van der Waals surface area (Å²) in [7, 11) is 2.80. The monoisotopic (exact) mass is 329 g/mol. The molecule has 0 aliphatic heterocycles. The van der Waals surface area contributed by atoms with Gasteiger partial charge in [0.05, 0.1) is 14.2 Å². The first-order valence-corrected chi connectivity index (χ1v) is 7.34. The Morgan fingerprint density at radius 2 is 1.88 bits per heavy atom. The lowest BCUT2D eigenvalue weighted by atomic mass is 10.0. The van der Waals surface area contributed by atoms with Crippen LogP contribution in [0.5, 0.6) is 11.5 Å². The zero-order valence-electron chi connectivity index (χ0n) is 13.5. The van der Waals surface area contributed by atoms with Crippen molar-refractivity contribution in [3.05, 3.63) is 59.7 Å². The summed E-state index contributed by atoms with van der Waals surface area (Å²) < 4.78 is 10.0. The average Bonchev–Trinajstić information content (AvgIpc) is 2.60. The van der Waals surface area contributed by atoms with Gasteiger partial charge in [-0.05, 0) is 29.8 Å². The van der Waals surface area contributed by atoms with E-state index in [2.05, 4.69) is 5.32 Å². The molecule has 126 valence electrons. The van der Waals surface area contributed by atoms with E-state index >= 15 is 0 Å². The van der Waals surface area contributed by atoms with Gasteiger partial charge >= 0.3 is 5.97 Å². The number of benzene rings is 2. The van der Waals surface area contributed by atoms with Gasteiger partial charge in [-0.25, -0.2) is 4.79 Å². The predicted octanol–water partition coefficient (Wildman–Crippen LogP) is 1.91. The second kappa shape index (κ2) is 8.01. The highest BCUT2D eigenvalue weighted by molar-refractivity contribution is 5.97. The number of rotatable bonds is 6. The maximum Gasteiger partial charge on any atom is 0.328 e. The van der Waals surface area contributed by atoms with Crippen molar-refractivity contribution in [3.8, 4) is 11.5 Å². The lowest BCUT2D eigenvalue weighted by Crippen LogP contribution is -2.43. The lowest BCUT2D eigenvalue weighted by molar-refractivity contribution is -0.142. The van der Waals surface area contributed by atoms with Crippen LogP contribution in [0, 0.1) is 0 Å². The minimum absolute atomic E-state index is 0.0259. The molecule has 0 unspecified atom stereocenters. The molecule has 0 saturated carbocycles. The van der Waals surface area contributed by atoms with Crippen LogP contribution in [0.3, 0.4) is 0 Å². The fourth-order valence-electron chi connectivity index (χ4n) is 2.32. The van der Waals surface area contributed by atoms with Crippen LogP contribution in [0.4, 0.5) is 0 Å². The third-order valence-corrected chi connectivity index (χ3v) is 3.52. The Hall–Kier alpha value is -3.02. The number of carbonyl (C=O) groups excluding carboxylic acids is 2. The van der Waals surface area contributed by atoms with Gasteiger partial charge in [0.2, 0.25) is 0 Å². The molecule has 0 heterocycles. The van der Waals surface area contributed by atoms with Gasteiger partial charge in [-0.15, -0.1) is 0 Å². The zero-order valence-corrected chi connectivity index (χ0v) is 13.5. The van der Waals surface area contributed by atoms with Crippen molar-refractivity contribution in [3.63, 3.8) is 0 Å². The summed E-state index contributed by atoms with van der Waals surface area (Å²) in [4.78, 5) is 24.3. The number of para-hydroxylation sites is 1. The summed E-state index contributed by atoms with van der Waals surface area (Å²) in [5.74, 6) is -0.439. The summed E-state index contributed by atoms with van der Waals surface area (Å²) in [6, 6.07) is 12.3. The Labute approximate surface area is 140 Å². The maximum absolute atomic E-state index is 12.3. The van der Waals surface area contributed by atoms with Crippen molar-refractivity contribution in [2.45, 2.75) is 12.5 Å². The molecule has 0 saturated heterocycles. The van der Waals surface area contributed by atoms with Gasteiger partial charge in [0.15, 0.2) is 0 Å². The molecule has 2 aromatic rings. The van der Waals surface area contributed by atoms with Gasteiger partial charge in [-0.3, -0.25) is 4.79 Å². The summed E-state index contributed by atoms with van der Waals surface area (Å²) in [6.45, 7) is 0. The molecule has 0 aliphatic rings. The SMILES string of the molecule is COC(=O)[C@H](Cc1ccccc1OC)NC(=O)c1cccc(O)c1. The highest BCUT2D eigenvalue weighted by Gasteiger charge is 2.24. The Morgan fingerprint density at radius 3 is 2.54 bits per heavy atom. The van der Waals surface area contributed by atoms with Gasteiger partial charge in [0.1, 0.15) is 17.5 Å². The van der Waals surface area contributed by atoms with Gasteiger partial charge in [0, 0.05) is 12.0 Å². The fraction of sp³-hybridized carbons (Fsp3) is 0.222. The zero-order chi connectivity index (χ0) is 17.5. The number of nitrogens with one attached hydrogen (secondary N) is 1. The number of phenolic OH excluding ortho intramolecular Hbond substituents is 1. The number of hydrogen-bond acceptors (Lipinski definition) is 5. The van der Waals surface area contributed by atoms with Gasteiger partial charge in [0.25, 0.3) is 5.91 Å². The molecule has 0 radical (unpaired) electrons. The van der Waals surface area contributed by atoms with E-state index in [1.165, 1.54) is 26.4 Å². The molecular weight excluding hydrogens is 310 g/mol. The Balaban J connectivity index is 2.20. The van der Waals surface area contributed by atoms with Crippen LogP contribution in [0.1, 0.15) is 15.9 Å². The topological polar surface area (TPSA) is 84.9 Å². The van der Waals surface area contributed by atoms with Crippen LogP contribution in [-0.2, 0) is 16.0 Å². The van der Waals surface area contributed by atoms with Crippen molar-refractivity contribution in [2.24, 2.45) is 0 Å². The van der Waals surface area contributed by atoms with E-state index in [0.717, 1.165) is 5.56 Å². The smallest absolute Gasteiger partial charge is 0.328 e. The molecule has 6 nitrogen and oxygen atoms in total. The lowest BCUT2D eigenvalue weighted by Gasteiger charge is -2.18. The predicted molar refractivity (Wildman–Crippen MR) is 88.1 cm³/mol. The third kappa shape index (κ3) is 4.25. The first-order valence-electron chi connectivity index (χ1n) is 7.34. The van der Waals surface area contributed by atoms with Crippen LogP contribution in [0.2, 0.25) is 0 Å². The number of methoxy groups -OCH3 is 2. The quantitative estimate of drug-likeness (QED) is 0.791. The normalized spacial score (nSPS) is 11.4. The summed E-state index contributed by atoms with van der Waals surface area (Å²) >= 11 is 0. The van der Waals surface area contributed by atoms with Crippen molar-refractivity contribution in [1.82, 2.24) is 5.32 Å². The molecule has 2 aromatic carbocycles. The van der Waals surface area contributed by atoms with Crippen molar-refractivity contribution in [2.75, 3.05) is 14.2 Å². The van der Waals surface area contributed by atoms with Crippen molar-refractivity contribution in [1.29, 1.82) is 0 Å². The number of phenols is 1. The molecule has 1 atom stereocenters. The summed E-state index contributed by atoms with van der Waals surface area (Å²) in [5.41, 5.74) is 1.02. The van der Waals surface area contributed by atoms with Gasteiger partial charge in [-0.2, -0.15) is 0 Å². The molecular formula is C18H19NO5. The van der Waals surface area contributed by atoms with Gasteiger partial charge in [-0.1, -0.05) is 24.3 Å². The number of ether oxygens (including phenoxy) is 2. The fourth-order valence-corrected chi connectivity index (χ4v) is 2.32. The van der Waals surface area contributed by atoms with E-state index in [0.29, 0.717) is 5.75 Å².